The van der Waals surface area contributed by atoms with Crippen LogP contribution in [0.3, 0.4) is 0 Å². The van der Waals surface area contributed by atoms with E-state index in [4.69, 9.17) is 35.5 Å². The van der Waals surface area contributed by atoms with Gasteiger partial charge in [0, 0.05) is 45.5 Å². The maximum atomic E-state index is 6.53. The number of ether oxygens (including phenoxy) is 4. The zero-order valence-corrected chi connectivity index (χ0v) is 32.5. The van der Waals surface area contributed by atoms with Gasteiger partial charge in [0.25, 0.3) is 5.79 Å². The third-order valence-corrected chi connectivity index (χ3v) is 12.5. The highest BCUT2D eigenvalue weighted by Gasteiger charge is 2.42. The summed E-state index contributed by atoms with van der Waals surface area (Å²) in [5.74, 6) is 3.65. The summed E-state index contributed by atoms with van der Waals surface area (Å²) < 4.78 is 29.3. The van der Waals surface area contributed by atoms with Crippen LogP contribution in [0.5, 0.6) is 11.5 Å². The first-order valence-electron chi connectivity index (χ1n) is 18.5. The minimum absolute atomic E-state index is 0.219. The largest absolute Gasteiger partial charge is 0.443 e. The first-order chi connectivity index (χ1) is 25.0. The molecular formula is C39H48ClN7O4Si. The molecule has 5 aromatic rings. The Morgan fingerprint density at radius 2 is 1.83 bits per heavy atom. The molecule has 11 nitrogen and oxygen atoms in total. The average Bonchev–Trinajstić information content (AvgIpc) is 3.76. The first kappa shape index (κ1) is 35.2. The number of fused-ring (bicyclic) bond motifs is 2. The lowest BCUT2D eigenvalue weighted by Gasteiger charge is -2.33. The monoisotopic (exact) mass is 741 g/mol. The second-order valence-electron chi connectivity index (χ2n) is 15.7. The standard InChI is InChI=1S/C39H48ClN7O4Si/c1-26-43-44-38(47(26)25-48-19-20-52(3,4)5)28-9-11-33-32(21-28)42-36(46(33)23-30-15-18-49-30)24-45-16-13-27(14-17-45)31-7-6-8-34-37(31)51-39(2,50-34)35-12-10-29(40)22-41-35/h6-12,21-22,27,30H,13-20,23-25H2,1-5H3. The van der Waals surface area contributed by atoms with E-state index < -0.39 is 13.9 Å². The zero-order chi connectivity index (χ0) is 36.0. The fourth-order valence-electron chi connectivity index (χ4n) is 7.38. The van der Waals surface area contributed by atoms with Crippen LogP contribution in [0.1, 0.15) is 55.0 Å². The van der Waals surface area contributed by atoms with Crippen molar-refractivity contribution in [3.8, 4) is 22.9 Å². The van der Waals surface area contributed by atoms with E-state index in [-0.39, 0.29) is 6.10 Å². The number of halogens is 1. The highest BCUT2D eigenvalue weighted by molar-refractivity contribution is 6.76. The molecule has 3 aromatic heterocycles. The van der Waals surface area contributed by atoms with Crippen molar-refractivity contribution in [1.29, 1.82) is 0 Å². The van der Waals surface area contributed by atoms with Gasteiger partial charge in [-0.3, -0.25) is 14.5 Å². The molecule has 0 bridgehead atoms. The SMILES string of the molecule is Cc1nnc(-c2ccc3c(c2)nc(CN2CCC(c4cccc5c4OC(C)(c4ccc(Cl)cn4)O5)CC2)n3CC2CCO2)n1COCC[Si](C)(C)C. The zero-order valence-electron chi connectivity index (χ0n) is 30.8. The third-order valence-electron chi connectivity index (χ3n) is 10.6. The Hall–Kier alpha value is -3.81. The van der Waals surface area contributed by atoms with Crippen LogP contribution in [0.15, 0.2) is 54.7 Å². The number of imidazole rings is 1. The van der Waals surface area contributed by atoms with Gasteiger partial charge in [0.15, 0.2) is 17.3 Å². The van der Waals surface area contributed by atoms with Crippen LogP contribution >= 0.6 is 11.6 Å². The van der Waals surface area contributed by atoms with Crippen molar-refractivity contribution in [3.63, 3.8) is 0 Å². The van der Waals surface area contributed by atoms with E-state index in [1.165, 1.54) is 5.56 Å². The number of benzene rings is 2. The van der Waals surface area contributed by atoms with Crippen molar-refractivity contribution in [2.75, 3.05) is 26.3 Å². The fourth-order valence-corrected chi connectivity index (χ4v) is 8.25. The molecule has 6 heterocycles. The minimum Gasteiger partial charge on any atom is -0.443 e. The molecule has 0 N–H and O–H groups in total. The number of piperidine rings is 1. The van der Waals surface area contributed by atoms with E-state index in [1.54, 1.807) is 6.20 Å². The van der Waals surface area contributed by atoms with E-state index in [1.807, 2.05) is 32.0 Å². The number of para-hydroxylation sites is 1. The van der Waals surface area contributed by atoms with Crippen LogP contribution in [0.25, 0.3) is 22.4 Å². The number of aromatic nitrogens is 6. The summed E-state index contributed by atoms with van der Waals surface area (Å²) in [5, 5.41) is 9.53. The number of hydrogen-bond donors (Lipinski definition) is 0. The van der Waals surface area contributed by atoms with E-state index in [2.05, 4.69) is 79.2 Å². The lowest BCUT2D eigenvalue weighted by molar-refractivity contribution is -0.0722. The lowest BCUT2D eigenvalue weighted by atomic mass is 9.88. The molecule has 0 saturated carbocycles. The molecule has 2 fully saturated rings. The Morgan fingerprint density at radius 1 is 1.00 bits per heavy atom. The topological polar surface area (TPSA) is 102 Å². The molecule has 2 unspecified atom stereocenters. The Labute approximate surface area is 311 Å². The van der Waals surface area contributed by atoms with Crippen LogP contribution in [0, 0.1) is 6.92 Å². The number of nitrogens with zero attached hydrogens (tertiary/aromatic N) is 7. The van der Waals surface area contributed by atoms with E-state index >= 15 is 0 Å². The highest BCUT2D eigenvalue weighted by atomic mass is 35.5. The Balaban J connectivity index is 0.978. The summed E-state index contributed by atoms with van der Waals surface area (Å²) in [6, 6.07) is 17.5. The van der Waals surface area contributed by atoms with Gasteiger partial charge in [0.05, 0.1) is 35.2 Å². The Kier molecular flexibility index (Phi) is 9.62. The summed E-state index contributed by atoms with van der Waals surface area (Å²) >= 11 is 6.10. The average molecular weight is 742 g/mol. The second-order valence-corrected chi connectivity index (χ2v) is 21.8. The molecule has 2 atom stereocenters. The van der Waals surface area contributed by atoms with Crippen molar-refractivity contribution >= 4 is 30.7 Å². The summed E-state index contributed by atoms with van der Waals surface area (Å²) in [7, 11) is -1.17. The molecule has 2 saturated heterocycles. The minimum atomic E-state index is -1.17. The van der Waals surface area contributed by atoms with Crippen LogP contribution in [0.2, 0.25) is 30.7 Å². The van der Waals surface area contributed by atoms with Crippen molar-refractivity contribution < 1.29 is 18.9 Å². The van der Waals surface area contributed by atoms with Crippen LogP contribution in [-0.4, -0.2) is 74.7 Å². The van der Waals surface area contributed by atoms with Gasteiger partial charge < -0.3 is 23.5 Å². The third kappa shape index (κ3) is 7.23. The number of rotatable bonds is 12. The molecule has 0 amide bonds. The van der Waals surface area contributed by atoms with Crippen LogP contribution in [0.4, 0.5) is 0 Å². The second kappa shape index (κ2) is 14.2. The lowest BCUT2D eigenvalue weighted by Crippen LogP contribution is -2.35. The highest BCUT2D eigenvalue weighted by Crippen LogP contribution is 2.49. The van der Waals surface area contributed by atoms with Gasteiger partial charge >= 0.3 is 0 Å². The van der Waals surface area contributed by atoms with Crippen LogP contribution < -0.4 is 9.47 Å². The predicted octanol–water partition coefficient (Wildman–Crippen LogP) is 7.78. The van der Waals surface area contributed by atoms with Crippen molar-refractivity contribution in [2.24, 2.45) is 0 Å². The molecule has 274 valence electrons. The number of aryl methyl sites for hydroxylation is 1. The van der Waals surface area contributed by atoms with Gasteiger partial charge in [0.2, 0.25) is 0 Å². The summed E-state index contributed by atoms with van der Waals surface area (Å²) in [5.41, 5.74) is 4.96. The molecule has 3 aliphatic rings. The fraction of sp³-hybridized carbons (Fsp3) is 0.487. The molecule has 0 radical (unpaired) electrons. The van der Waals surface area contributed by atoms with Gasteiger partial charge in [-0.2, -0.15) is 0 Å². The number of hydrogen-bond acceptors (Lipinski definition) is 9. The van der Waals surface area contributed by atoms with Gasteiger partial charge in [-0.05, 0) is 87.6 Å². The Morgan fingerprint density at radius 3 is 2.56 bits per heavy atom. The van der Waals surface area contributed by atoms with Crippen molar-refractivity contribution in [2.45, 2.75) is 96.4 Å². The summed E-state index contributed by atoms with van der Waals surface area (Å²) in [6.07, 6.45) is 4.95. The van der Waals surface area contributed by atoms with Gasteiger partial charge in [-0.1, -0.05) is 43.4 Å². The van der Waals surface area contributed by atoms with E-state index in [9.17, 15) is 0 Å². The van der Waals surface area contributed by atoms with Gasteiger partial charge in [-0.15, -0.1) is 10.2 Å². The van der Waals surface area contributed by atoms with Crippen molar-refractivity contribution in [1.82, 2.24) is 34.2 Å². The first-order valence-corrected chi connectivity index (χ1v) is 22.6. The molecule has 0 aliphatic carbocycles. The number of pyridine rings is 1. The molecule has 8 rings (SSSR count). The molecule has 0 spiro atoms. The molecule has 2 aromatic carbocycles. The molecule has 52 heavy (non-hydrogen) atoms. The summed E-state index contributed by atoms with van der Waals surface area (Å²) in [6.45, 7) is 16.5. The quantitative estimate of drug-likeness (QED) is 0.0938. The maximum absolute atomic E-state index is 6.53. The maximum Gasteiger partial charge on any atom is 0.292 e. The van der Waals surface area contributed by atoms with E-state index in [0.29, 0.717) is 23.4 Å². The van der Waals surface area contributed by atoms with Crippen molar-refractivity contribution in [3.05, 3.63) is 82.7 Å². The molecule has 13 heteroatoms. The Bertz CT molecular complexity index is 2050. The predicted molar refractivity (Wildman–Crippen MR) is 203 cm³/mol. The molecular weight excluding hydrogens is 694 g/mol. The smallest absolute Gasteiger partial charge is 0.292 e. The molecule has 3 aliphatic heterocycles. The van der Waals surface area contributed by atoms with Gasteiger partial charge in [0.1, 0.15) is 24.1 Å². The summed E-state index contributed by atoms with van der Waals surface area (Å²) in [4.78, 5) is 12.3. The number of likely N-dealkylation sites (tertiary alicyclic amines) is 1. The van der Waals surface area contributed by atoms with Gasteiger partial charge in [-0.25, -0.2) is 4.98 Å². The normalized spacial score (nSPS) is 20.8. The van der Waals surface area contributed by atoms with E-state index in [0.717, 1.165) is 110 Å². The van der Waals surface area contributed by atoms with Crippen LogP contribution in [-0.2, 0) is 35.1 Å².